The number of carbonyl (C=O) groups is 3. The van der Waals surface area contributed by atoms with E-state index in [1.54, 1.807) is 47.6 Å². The van der Waals surface area contributed by atoms with Gasteiger partial charge in [-0.25, -0.2) is 4.79 Å². The predicted octanol–water partition coefficient (Wildman–Crippen LogP) is 2.05. The van der Waals surface area contributed by atoms with Crippen molar-refractivity contribution in [3.63, 3.8) is 0 Å². The molecule has 0 bridgehead atoms. The molecule has 0 saturated carbocycles. The molecule has 2 amide bonds. The number of rotatable bonds is 5. The highest BCUT2D eigenvalue weighted by molar-refractivity contribution is 5.98. The lowest BCUT2D eigenvalue weighted by Gasteiger charge is -2.15. The summed E-state index contributed by atoms with van der Waals surface area (Å²) in [6.45, 7) is 0.690. The Morgan fingerprint density at radius 1 is 1.32 bits per heavy atom. The van der Waals surface area contributed by atoms with Crippen molar-refractivity contribution in [2.24, 2.45) is 5.92 Å². The van der Waals surface area contributed by atoms with Crippen LogP contribution in [-0.2, 0) is 20.9 Å². The third kappa shape index (κ3) is 3.88. The Labute approximate surface area is 144 Å². The van der Waals surface area contributed by atoms with E-state index in [-0.39, 0.29) is 18.2 Å². The number of amides is 2. The summed E-state index contributed by atoms with van der Waals surface area (Å²) < 4.78 is 9.91. The normalized spacial score (nSPS) is 16.8. The molecular weight excluding hydrogens is 324 g/mol. The zero-order valence-corrected chi connectivity index (χ0v) is 13.7. The molecule has 1 atom stereocenters. The van der Waals surface area contributed by atoms with Gasteiger partial charge in [-0.05, 0) is 30.3 Å². The smallest absolute Gasteiger partial charge is 0.337 e. The zero-order chi connectivity index (χ0) is 17.8. The maximum Gasteiger partial charge on any atom is 0.337 e. The van der Waals surface area contributed by atoms with Crippen LogP contribution in [0.2, 0.25) is 0 Å². The lowest BCUT2D eigenvalue weighted by atomic mass is 10.1. The Morgan fingerprint density at radius 2 is 2.16 bits per heavy atom. The van der Waals surface area contributed by atoms with Crippen LogP contribution in [0.1, 0.15) is 22.5 Å². The Morgan fingerprint density at radius 3 is 2.88 bits per heavy atom. The second kappa shape index (κ2) is 7.21. The van der Waals surface area contributed by atoms with Crippen molar-refractivity contribution < 1.29 is 23.5 Å². The monoisotopic (exact) mass is 342 g/mol. The quantitative estimate of drug-likeness (QED) is 0.840. The van der Waals surface area contributed by atoms with Gasteiger partial charge in [0.15, 0.2) is 0 Å². The van der Waals surface area contributed by atoms with Crippen LogP contribution in [0.25, 0.3) is 0 Å². The summed E-state index contributed by atoms with van der Waals surface area (Å²) in [5, 5.41) is 2.75. The first kappa shape index (κ1) is 16.8. The SMILES string of the molecule is COC(=O)c1cccc(NC(=O)[C@@H]2CC(=O)N(Cc3ccco3)C2)c1. The number of carbonyl (C=O) groups excluding carboxylic acids is 3. The number of hydrogen-bond donors (Lipinski definition) is 1. The number of furan rings is 1. The summed E-state index contributed by atoms with van der Waals surface area (Å²) in [6.07, 6.45) is 1.71. The molecule has 2 heterocycles. The van der Waals surface area contributed by atoms with Gasteiger partial charge in [-0.2, -0.15) is 0 Å². The number of nitrogens with zero attached hydrogens (tertiary/aromatic N) is 1. The molecule has 1 fully saturated rings. The molecule has 1 saturated heterocycles. The van der Waals surface area contributed by atoms with E-state index in [1.165, 1.54) is 7.11 Å². The summed E-state index contributed by atoms with van der Waals surface area (Å²) >= 11 is 0. The number of anilines is 1. The number of likely N-dealkylation sites (tertiary alicyclic amines) is 1. The first-order valence-electron chi connectivity index (χ1n) is 7.86. The Balaban J connectivity index is 1.62. The van der Waals surface area contributed by atoms with Gasteiger partial charge in [-0.15, -0.1) is 0 Å². The zero-order valence-electron chi connectivity index (χ0n) is 13.7. The lowest BCUT2D eigenvalue weighted by molar-refractivity contribution is -0.128. The van der Waals surface area contributed by atoms with Crippen LogP contribution in [0.4, 0.5) is 5.69 Å². The van der Waals surface area contributed by atoms with Gasteiger partial charge >= 0.3 is 5.97 Å². The summed E-state index contributed by atoms with van der Waals surface area (Å²) in [6, 6.07) is 10.0. The fraction of sp³-hybridized carbons (Fsp3) is 0.278. The summed E-state index contributed by atoms with van der Waals surface area (Å²) in [5.41, 5.74) is 0.840. The molecule has 1 aliphatic rings. The van der Waals surface area contributed by atoms with Crippen molar-refractivity contribution in [2.45, 2.75) is 13.0 Å². The largest absolute Gasteiger partial charge is 0.467 e. The molecule has 1 aromatic heterocycles. The van der Waals surface area contributed by atoms with Crippen molar-refractivity contribution in [1.29, 1.82) is 0 Å². The molecular formula is C18H18N2O5. The molecule has 25 heavy (non-hydrogen) atoms. The molecule has 1 aromatic carbocycles. The van der Waals surface area contributed by atoms with E-state index in [2.05, 4.69) is 10.1 Å². The minimum Gasteiger partial charge on any atom is -0.467 e. The number of hydrogen-bond acceptors (Lipinski definition) is 5. The van der Waals surface area contributed by atoms with Crippen LogP contribution < -0.4 is 5.32 Å². The summed E-state index contributed by atoms with van der Waals surface area (Å²) in [4.78, 5) is 37.7. The number of esters is 1. The molecule has 7 nitrogen and oxygen atoms in total. The molecule has 130 valence electrons. The second-order valence-electron chi connectivity index (χ2n) is 5.82. The first-order chi connectivity index (χ1) is 12.1. The number of nitrogens with one attached hydrogen (secondary N) is 1. The van der Waals surface area contributed by atoms with Crippen molar-refractivity contribution in [3.8, 4) is 0 Å². The van der Waals surface area contributed by atoms with E-state index in [1.807, 2.05) is 0 Å². The van der Waals surface area contributed by atoms with Crippen LogP contribution in [0.5, 0.6) is 0 Å². The third-order valence-corrected chi connectivity index (χ3v) is 4.06. The average Bonchev–Trinajstić information content (AvgIpc) is 3.25. The highest BCUT2D eigenvalue weighted by Crippen LogP contribution is 2.22. The Bertz CT molecular complexity index is 785. The molecule has 2 aromatic rings. The summed E-state index contributed by atoms with van der Waals surface area (Å²) in [7, 11) is 1.30. The highest BCUT2D eigenvalue weighted by atomic mass is 16.5. The van der Waals surface area contributed by atoms with E-state index < -0.39 is 11.9 Å². The van der Waals surface area contributed by atoms with Crippen LogP contribution in [-0.4, -0.2) is 36.3 Å². The third-order valence-electron chi connectivity index (χ3n) is 4.06. The van der Waals surface area contributed by atoms with E-state index in [0.29, 0.717) is 30.1 Å². The fourth-order valence-corrected chi connectivity index (χ4v) is 2.78. The molecule has 0 aliphatic carbocycles. The van der Waals surface area contributed by atoms with E-state index >= 15 is 0 Å². The van der Waals surface area contributed by atoms with Crippen molar-refractivity contribution >= 4 is 23.5 Å². The van der Waals surface area contributed by atoms with E-state index in [4.69, 9.17) is 4.42 Å². The topological polar surface area (TPSA) is 88.8 Å². The number of ether oxygens (including phenoxy) is 1. The molecule has 7 heteroatoms. The first-order valence-corrected chi connectivity index (χ1v) is 7.86. The van der Waals surface area contributed by atoms with Crippen molar-refractivity contribution in [3.05, 3.63) is 54.0 Å². The molecule has 0 unspecified atom stereocenters. The highest BCUT2D eigenvalue weighted by Gasteiger charge is 2.34. The fourth-order valence-electron chi connectivity index (χ4n) is 2.78. The van der Waals surface area contributed by atoms with Crippen LogP contribution >= 0.6 is 0 Å². The number of methoxy groups -OCH3 is 1. The summed E-state index contributed by atoms with van der Waals surface area (Å²) in [5.74, 6) is -0.571. The minimum atomic E-state index is -0.475. The molecule has 1 N–H and O–H groups in total. The average molecular weight is 342 g/mol. The molecule has 0 radical (unpaired) electrons. The van der Waals surface area contributed by atoms with Gasteiger partial charge in [0.1, 0.15) is 5.76 Å². The molecule has 3 rings (SSSR count). The predicted molar refractivity (Wildman–Crippen MR) is 88.6 cm³/mol. The van der Waals surface area contributed by atoms with Gasteiger partial charge < -0.3 is 19.4 Å². The van der Waals surface area contributed by atoms with E-state index in [0.717, 1.165) is 0 Å². The standard InChI is InChI=1S/C18H18N2O5/c1-24-18(23)12-4-2-5-14(8-12)19-17(22)13-9-16(21)20(10-13)11-15-6-3-7-25-15/h2-8,13H,9-11H2,1H3,(H,19,22)/t13-/m1/s1. The van der Waals surface area contributed by atoms with Gasteiger partial charge in [0.2, 0.25) is 11.8 Å². The van der Waals surface area contributed by atoms with Crippen LogP contribution in [0.3, 0.4) is 0 Å². The maximum atomic E-state index is 12.4. The van der Waals surface area contributed by atoms with Gasteiger partial charge in [-0.3, -0.25) is 9.59 Å². The maximum absolute atomic E-state index is 12.4. The Kier molecular flexibility index (Phi) is 4.83. The van der Waals surface area contributed by atoms with Crippen molar-refractivity contribution in [2.75, 3.05) is 19.0 Å². The van der Waals surface area contributed by atoms with Gasteiger partial charge in [0.05, 0.1) is 31.4 Å². The Hall–Kier alpha value is -3.09. The van der Waals surface area contributed by atoms with Gasteiger partial charge in [0, 0.05) is 18.7 Å². The van der Waals surface area contributed by atoms with Crippen LogP contribution in [0.15, 0.2) is 47.1 Å². The minimum absolute atomic E-state index is 0.0835. The number of benzene rings is 1. The molecule has 1 aliphatic heterocycles. The van der Waals surface area contributed by atoms with E-state index in [9.17, 15) is 14.4 Å². The second-order valence-corrected chi connectivity index (χ2v) is 5.82. The lowest BCUT2D eigenvalue weighted by Crippen LogP contribution is -2.27. The molecule has 0 spiro atoms. The van der Waals surface area contributed by atoms with Gasteiger partial charge in [0.25, 0.3) is 0 Å². The van der Waals surface area contributed by atoms with Crippen molar-refractivity contribution in [1.82, 2.24) is 4.90 Å². The van der Waals surface area contributed by atoms with Gasteiger partial charge in [-0.1, -0.05) is 6.07 Å². The van der Waals surface area contributed by atoms with Crippen LogP contribution in [0, 0.1) is 5.92 Å².